The van der Waals surface area contributed by atoms with Crippen LogP contribution in [-0.2, 0) is 0 Å². The van der Waals surface area contributed by atoms with Crippen LogP contribution in [0, 0.1) is 0 Å². The molecule has 0 aliphatic heterocycles. The van der Waals surface area contributed by atoms with Crippen molar-refractivity contribution < 1.29 is 4.42 Å². The molecule has 0 unspecified atom stereocenters. The molecule has 4 aromatic carbocycles. The van der Waals surface area contributed by atoms with E-state index in [1.165, 1.54) is 0 Å². The van der Waals surface area contributed by atoms with Crippen LogP contribution < -0.4 is 4.90 Å². The predicted molar refractivity (Wildman–Crippen MR) is 121 cm³/mol. The second-order valence-electron chi connectivity index (χ2n) is 6.79. The number of halogens is 1. The Morgan fingerprint density at radius 3 is 1.90 bits per heavy atom. The van der Waals surface area contributed by atoms with Crippen LogP contribution in [0.3, 0.4) is 0 Å². The summed E-state index contributed by atoms with van der Waals surface area (Å²) < 4.78 is 5.76. The van der Waals surface area contributed by atoms with E-state index in [9.17, 15) is 0 Å². The van der Waals surface area contributed by atoms with Crippen LogP contribution in [0.15, 0.2) is 114 Å². The molecule has 0 saturated carbocycles. The molecular formula is C26H18ClNO. The molecule has 0 N–H and O–H groups in total. The Labute approximate surface area is 174 Å². The molecule has 1 aromatic heterocycles. The zero-order valence-corrected chi connectivity index (χ0v) is 16.4. The van der Waals surface area contributed by atoms with Gasteiger partial charge in [-0.25, -0.2) is 0 Å². The molecule has 140 valence electrons. The van der Waals surface area contributed by atoms with E-state index >= 15 is 0 Å². The largest absolute Gasteiger partial charge is 0.464 e. The smallest absolute Gasteiger partial charge is 0.134 e. The van der Waals surface area contributed by atoms with Crippen LogP contribution in [0.1, 0.15) is 0 Å². The number of anilines is 3. The first kappa shape index (κ1) is 17.6. The van der Waals surface area contributed by atoms with Gasteiger partial charge < -0.3 is 9.32 Å². The fourth-order valence-corrected chi connectivity index (χ4v) is 3.98. The van der Waals surface area contributed by atoms with Crippen molar-refractivity contribution in [1.82, 2.24) is 0 Å². The number of fused-ring (bicyclic) bond motifs is 1. The lowest BCUT2D eigenvalue weighted by Crippen LogP contribution is -2.10. The van der Waals surface area contributed by atoms with Gasteiger partial charge in [0.2, 0.25) is 0 Å². The van der Waals surface area contributed by atoms with Crippen molar-refractivity contribution in [2.24, 2.45) is 0 Å². The molecule has 0 aliphatic carbocycles. The number of benzene rings is 4. The lowest BCUT2D eigenvalue weighted by Gasteiger charge is -2.27. The fraction of sp³-hybridized carbons (Fsp3) is 0. The molecular weight excluding hydrogens is 378 g/mol. The van der Waals surface area contributed by atoms with Gasteiger partial charge in [0.05, 0.1) is 17.0 Å². The summed E-state index contributed by atoms with van der Waals surface area (Å²) in [6.45, 7) is 0. The van der Waals surface area contributed by atoms with Crippen LogP contribution in [-0.4, -0.2) is 0 Å². The van der Waals surface area contributed by atoms with Crippen LogP contribution in [0.2, 0.25) is 5.02 Å². The quantitative estimate of drug-likeness (QED) is 0.304. The molecule has 5 rings (SSSR count). The average Bonchev–Trinajstić information content (AvgIpc) is 3.21. The highest BCUT2D eigenvalue weighted by molar-refractivity contribution is 6.36. The van der Waals surface area contributed by atoms with E-state index < -0.39 is 0 Å². The maximum absolute atomic E-state index is 7.01. The number of hydrogen-bond donors (Lipinski definition) is 0. The fourth-order valence-electron chi connectivity index (χ4n) is 3.67. The zero-order valence-electron chi connectivity index (χ0n) is 15.6. The molecule has 0 amide bonds. The molecule has 0 saturated heterocycles. The van der Waals surface area contributed by atoms with Gasteiger partial charge in [-0.05, 0) is 36.4 Å². The van der Waals surface area contributed by atoms with Gasteiger partial charge in [-0.2, -0.15) is 0 Å². The molecule has 1 heterocycles. The Balaban J connectivity index is 1.71. The summed E-state index contributed by atoms with van der Waals surface area (Å²) in [5.41, 5.74) is 5.82. The molecule has 2 nitrogen and oxygen atoms in total. The summed E-state index contributed by atoms with van der Waals surface area (Å²) in [6.07, 6.45) is 1.78. The van der Waals surface area contributed by atoms with Crippen molar-refractivity contribution in [3.63, 3.8) is 0 Å². The molecule has 3 heteroatoms. The van der Waals surface area contributed by atoms with E-state index in [-0.39, 0.29) is 0 Å². The summed E-state index contributed by atoms with van der Waals surface area (Å²) in [7, 11) is 0. The summed E-state index contributed by atoms with van der Waals surface area (Å²) in [6, 6.07) is 34.7. The Kier molecular flexibility index (Phi) is 4.55. The van der Waals surface area contributed by atoms with Crippen LogP contribution in [0.5, 0.6) is 0 Å². The Bertz CT molecular complexity index is 1220. The van der Waals surface area contributed by atoms with Gasteiger partial charge >= 0.3 is 0 Å². The maximum Gasteiger partial charge on any atom is 0.134 e. The summed E-state index contributed by atoms with van der Waals surface area (Å²) in [5.74, 6) is 0. The Morgan fingerprint density at radius 1 is 0.586 bits per heavy atom. The van der Waals surface area contributed by atoms with Crippen molar-refractivity contribution in [3.8, 4) is 11.1 Å². The molecule has 0 aliphatic rings. The standard InChI is InChI=1S/C26H18ClNO/c27-26-22(23-18-29-25-17-8-7-14-21(23)25)15-9-16-24(26)28(19-10-3-1-4-11-19)20-12-5-2-6-13-20/h1-18H. The first-order valence-corrected chi connectivity index (χ1v) is 9.86. The number of para-hydroxylation sites is 3. The number of hydrogen-bond acceptors (Lipinski definition) is 2. The highest BCUT2D eigenvalue weighted by Gasteiger charge is 2.19. The van der Waals surface area contributed by atoms with E-state index in [1.54, 1.807) is 6.26 Å². The number of nitrogens with zero attached hydrogens (tertiary/aromatic N) is 1. The SMILES string of the molecule is Clc1c(-c2coc3ccccc23)cccc1N(c1ccccc1)c1ccccc1. The number of rotatable bonds is 4. The van der Waals surface area contributed by atoms with Crippen molar-refractivity contribution in [3.05, 3.63) is 114 Å². The molecule has 0 bridgehead atoms. The highest BCUT2D eigenvalue weighted by atomic mass is 35.5. The third kappa shape index (κ3) is 3.18. The van der Waals surface area contributed by atoms with E-state index in [2.05, 4.69) is 35.2 Å². The second-order valence-corrected chi connectivity index (χ2v) is 7.17. The Morgan fingerprint density at radius 2 is 1.21 bits per heavy atom. The van der Waals surface area contributed by atoms with Crippen LogP contribution in [0.4, 0.5) is 17.1 Å². The molecule has 0 radical (unpaired) electrons. The minimum absolute atomic E-state index is 0.687. The molecule has 29 heavy (non-hydrogen) atoms. The van der Waals surface area contributed by atoms with Gasteiger partial charge in [0.15, 0.2) is 0 Å². The second kappa shape index (κ2) is 7.50. The van der Waals surface area contributed by atoms with Gasteiger partial charge in [0.1, 0.15) is 5.58 Å². The van der Waals surface area contributed by atoms with Gasteiger partial charge in [-0.3, -0.25) is 0 Å². The van der Waals surface area contributed by atoms with Crippen molar-refractivity contribution >= 4 is 39.6 Å². The van der Waals surface area contributed by atoms with E-state index in [4.69, 9.17) is 16.0 Å². The van der Waals surface area contributed by atoms with E-state index in [0.717, 1.165) is 39.2 Å². The zero-order chi connectivity index (χ0) is 19.6. The molecule has 0 spiro atoms. The Hall–Kier alpha value is -3.49. The lowest BCUT2D eigenvalue weighted by atomic mass is 10.0. The van der Waals surface area contributed by atoms with Gasteiger partial charge in [-0.1, -0.05) is 78.3 Å². The van der Waals surface area contributed by atoms with Crippen molar-refractivity contribution in [2.45, 2.75) is 0 Å². The summed E-state index contributed by atoms with van der Waals surface area (Å²) in [4.78, 5) is 2.17. The summed E-state index contributed by atoms with van der Waals surface area (Å²) in [5, 5.41) is 1.74. The minimum atomic E-state index is 0.687. The van der Waals surface area contributed by atoms with E-state index in [0.29, 0.717) is 5.02 Å². The minimum Gasteiger partial charge on any atom is -0.464 e. The van der Waals surface area contributed by atoms with Gasteiger partial charge in [-0.15, -0.1) is 0 Å². The lowest BCUT2D eigenvalue weighted by molar-refractivity contribution is 0.617. The third-order valence-electron chi connectivity index (χ3n) is 5.02. The maximum atomic E-state index is 7.01. The predicted octanol–water partition coefficient (Wildman–Crippen LogP) is 8.22. The van der Waals surface area contributed by atoms with E-state index in [1.807, 2.05) is 72.8 Å². The van der Waals surface area contributed by atoms with Gasteiger partial charge in [0.25, 0.3) is 0 Å². The number of furan rings is 1. The first-order valence-electron chi connectivity index (χ1n) is 9.48. The monoisotopic (exact) mass is 395 g/mol. The summed E-state index contributed by atoms with van der Waals surface area (Å²) >= 11 is 7.01. The highest BCUT2D eigenvalue weighted by Crippen LogP contribution is 2.44. The van der Waals surface area contributed by atoms with Crippen molar-refractivity contribution in [1.29, 1.82) is 0 Å². The molecule has 0 fully saturated rings. The topological polar surface area (TPSA) is 16.4 Å². The van der Waals surface area contributed by atoms with Crippen molar-refractivity contribution in [2.75, 3.05) is 4.90 Å². The third-order valence-corrected chi connectivity index (χ3v) is 5.42. The average molecular weight is 396 g/mol. The van der Waals surface area contributed by atoms with Crippen LogP contribution in [0.25, 0.3) is 22.1 Å². The van der Waals surface area contributed by atoms with Gasteiger partial charge in [0, 0.05) is 27.9 Å². The molecule has 5 aromatic rings. The first-order chi connectivity index (χ1) is 14.3. The van der Waals surface area contributed by atoms with Crippen LogP contribution >= 0.6 is 11.6 Å². The molecule has 0 atom stereocenters. The normalized spacial score (nSPS) is 10.9.